The van der Waals surface area contributed by atoms with Gasteiger partial charge < -0.3 is 5.11 Å². The van der Waals surface area contributed by atoms with E-state index in [0.29, 0.717) is 12.1 Å². The van der Waals surface area contributed by atoms with Gasteiger partial charge in [-0.15, -0.1) is 0 Å². The van der Waals surface area contributed by atoms with Crippen LogP contribution in [0.25, 0.3) is 0 Å². The van der Waals surface area contributed by atoms with Crippen molar-refractivity contribution in [3.8, 4) is 0 Å². The largest absolute Gasteiger partial charge is 0.478 e. The number of aromatic carboxylic acids is 1. The number of carbonyl (C=O) groups is 1. The predicted molar refractivity (Wildman–Crippen MR) is 73.7 cm³/mol. The minimum atomic E-state index is -1.11. The Morgan fingerprint density at radius 3 is 2.42 bits per heavy atom. The van der Waals surface area contributed by atoms with E-state index in [2.05, 4.69) is 32.6 Å². The maximum atomic E-state index is 13.8. The summed E-state index contributed by atoms with van der Waals surface area (Å²) in [6, 6.07) is 4.35. The predicted octanol–water partition coefficient (Wildman–Crippen LogP) is 3.39. The van der Waals surface area contributed by atoms with E-state index in [4.69, 9.17) is 5.11 Å². The molecule has 0 bridgehead atoms. The fourth-order valence-electron chi connectivity index (χ4n) is 1.88. The monoisotopic (exact) mass is 267 g/mol. The second-order valence-corrected chi connectivity index (χ2v) is 6.07. The molecule has 1 N–H and O–H groups in total. The van der Waals surface area contributed by atoms with Crippen LogP contribution in [0.3, 0.4) is 0 Å². The third-order valence-electron chi connectivity index (χ3n) is 3.63. The van der Waals surface area contributed by atoms with Crippen molar-refractivity contribution in [1.29, 1.82) is 0 Å². The van der Waals surface area contributed by atoms with Gasteiger partial charge in [-0.1, -0.05) is 26.8 Å². The van der Waals surface area contributed by atoms with Gasteiger partial charge in [0.15, 0.2) is 0 Å². The molecule has 0 spiro atoms. The number of hydrogen-bond donors (Lipinski definition) is 1. The van der Waals surface area contributed by atoms with E-state index < -0.39 is 11.8 Å². The lowest BCUT2D eigenvalue weighted by molar-refractivity contribution is 0.0696. The summed E-state index contributed by atoms with van der Waals surface area (Å²) in [5.74, 6) is -1.57. The molecule has 19 heavy (non-hydrogen) atoms. The molecule has 1 aromatic carbocycles. The Balaban J connectivity index is 2.86. The zero-order valence-corrected chi connectivity index (χ0v) is 12.2. The quantitative estimate of drug-likeness (QED) is 0.909. The van der Waals surface area contributed by atoms with E-state index >= 15 is 0 Å². The molecule has 1 atom stereocenters. The van der Waals surface area contributed by atoms with Crippen LogP contribution in [0, 0.1) is 11.2 Å². The maximum absolute atomic E-state index is 13.8. The van der Waals surface area contributed by atoms with E-state index in [9.17, 15) is 9.18 Å². The molecule has 0 heterocycles. The van der Waals surface area contributed by atoms with Gasteiger partial charge >= 0.3 is 5.97 Å². The van der Waals surface area contributed by atoms with Crippen LogP contribution in [0.1, 0.15) is 43.6 Å². The lowest BCUT2D eigenvalue weighted by Gasteiger charge is -2.35. The summed E-state index contributed by atoms with van der Waals surface area (Å²) in [6.07, 6.45) is 0. The molecule has 0 aliphatic heterocycles. The topological polar surface area (TPSA) is 40.5 Å². The average molecular weight is 267 g/mol. The molecule has 1 unspecified atom stereocenters. The highest BCUT2D eigenvalue weighted by molar-refractivity contribution is 5.87. The number of carboxylic acids is 1. The van der Waals surface area contributed by atoms with Gasteiger partial charge in [0.1, 0.15) is 5.82 Å². The summed E-state index contributed by atoms with van der Waals surface area (Å²) in [5.41, 5.74) is 0.600. The van der Waals surface area contributed by atoms with Crippen molar-refractivity contribution in [2.75, 3.05) is 7.05 Å². The van der Waals surface area contributed by atoms with Gasteiger partial charge in [0.05, 0.1) is 5.56 Å². The fraction of sp³-hybridized carbons (Fsp3) is 0.533. The lowest BCUT2D eigenvalue weighted by Crippen LogP contribution is -2.38. The smallest absolute Gasteiger partial charge is 0.335 e. The second kappa shape index (κ2) is 5.70. The van der Waals surface area contributed by atoms with Gasteiger partial charge in [-0.05, 0) is 31.5 Å². The standard InChI is InChI=1S/C15H22FNO2/c1-10(15(2,3)4)17(5)9-12-7-6-11(14(18)19)8-13(12)16/h6-8,10H,9H2,1-5H3,(H,18,19). The molecule has 1 aromatic rings. The van der Waals surface area contributed by atoms with Crippen molar-refractivity contribution in [3.63, 3.8) is 0 Å². The Hall–Kier alpha value is -1.42. The molecule has 0 amide bonds. The van der Waals surface area contributed by atoms with Crippen LogP contribution >= 0.6 is 0 Å². The molecule has 0 fully saturated rings. The Bertz CT molecular complexity index is 466. The van der Waals surface area contributed by atoms with Crippen LogP contribution in [0.15, 0.2) is 18.2 Å². The number of hydrogen-bond acceptors (Lipinski definition) is 2. The third kappa shape index (κ3) is 4.03. The van der Waals surface area contributed by atoms with Crippen molar-refractivity contribution in [1.82, 2.24) is 4.90 Å². The van der Waals surface area contributed by atoms with Gasteiger partial charge in [-0.3, -0.25) is 4.90 Å². The van der Waals surface area contributed by atoms with Crippen LogP contribution in [0.4, 0.5) is 4.39 Å². The van der Waals surface area contributed by atoms with E-state index in [-0.39, 0.29) is 17.0 Å². The Labute approximate surface area is 114 Å². The molecule has 4 heteroatoms. The molecule has 0 saturated carbocycles. The number of rotatable bonds is 4. The van der Waals surface area contributed by atoms with Crippen LogP contribution in [0.5, 0.6) is 0 Å². The van der Waals surface area contributed by atoms with Gasteiger partial charge in [-0.25, -0.2) is 9.18 Å². The van der Waals surface area contributed by atoms with E-state index in [1.807, 2.05) is 7.05 Å². The molecule has 0 aliphatic carbocycles. The minimum Gasteiger partial charge on any atom is -0.478 e. The lowest BCUT2D eigenvalue weighted by atomic mass is 9.87. The average Bonchev–Trinajstić information content (AvgIpc) is 2.29. The molecule has 0 aliphatic rings. The van der Waals surface area contributed by atoms with Crippen molar-refractivity contribution < 1.29 is 14.3 Å². The summed E-state index contributed by atoms with van der Waals surface area (Å²) >= 11 is 0. The van der Waals surface area contributed by atoms with E-state index in [1.54, 1.807) is 6.07 Å². The molecule has 0 radical (unpaired) electrons. The second-order valence-electron chi connectivity index (χ2n) is 6.07. The molecule has 1 rings (SSSR count). The first kappa shape index (κ1) is 15.6. The van der Waals surface area contributed by atoms with Crippen LogP contribution < -0.4 is 0 Å². The number of nitrogens with zero attached hydrogens (tertiary/aromatic N) is 1. The molecule has 3 nitrogen and oxygen atoms in total. The molecular weight excluding hydrogens is 245 g/mol. The van der Waals surface area contributed by atoms with Gasteiger partial charge in [0.25, 0.3) is 0 Å². The number of carboxylic acid groups (broad SMARTS) is 1. The zero-order valence-electron chi connectivity index (χ0n) is 12.2. The molecule has 0 aromatic heterocycles. The first-order valence-corrected chi connectivity index (χ1v) is 6.35. The third-order valence-corrected chi connectivity index (χ3v) is 3.63. The van der Waals surface area contributed by atoms with E-state index in [0.717, 1.165) is 6.07 Å². The first-order chi connectivity index (χ1) is 8.62. The molecular formula is C15H22FNO2. The van der Waals surface area contributed by atoms with Crippen molar-refractivity contribution >= 4 is 5.97 Å². The highest BCUT2D eigenvalue weighted by Gasteiger charge is 2.24. The summed E-state index contributed by atoms with van der Waals surface area (Å²) in [6.45, 7) is 8.97. The summed E-state index contributed by atoms with van der Waals surface area (Å²) in [7, 11) is 1.94. The highest BCUT2D eigenvalue weighted by Crippen LogP contribution is 2.24. The fourth-order valence-corrected chi connectivity index (χ4v) is 1.88. The Kier molecular flexibility index (Phi) is 4.69. The Morgan fingerprint density at radius 1 is 1.42 bits per heavy atom. The minimum absolute atomic E-state index is 0.0206. The SMILES string of the molecule is CC(N(C)Cc1ccc(C(=O)O)cc1F)C(C)(C)C. The number of halogens is 1. The highest BCUT2D eigenvalue weighted by atomic mass is 19.1. The first-order valence-electron chi connectivity index (χ1n) is 6.35. The summed E-state index contributed by atoms with van der Waals surface area (Å²) in [4.78, 5) is 12.8. The normalized spacial score (nSPS) is 13.6. The van der Waals surface area contributed by atoms with Crippen LogP contribution in [0.2, 0.25) is 0 Å². The molecule has 0 saturated heterocycles. The van der Waals surface area contributed by atoms with Crippen LogP contribution in [-0.4, -0.2) is 29.1 Å². The zero-order chi connectivity index (χ0) is 14.8. The van der Waals surface area contributed by atoms with Crippen LogP contribution in [-0.2, 0) is 6.54 Å². The van der Waals surface area contributed by atoms with Gasteiger partial charge in [-0.2, -0.15) is 0 Å². The van der Waals surface area contributed by atoms with Crippen molar-refractivity contribution in [3.05, 3.63) is 35.1 Å². The Morgan fingerprint density at radius 2 is 2.00 bits per heavy atom. The summed E-state index contributed by atoms with van der Waals surface area (Å²) < 4.78 is 13.8. The maximum Gasteiger partial charge on any atom is 0.335 e. The van der Waals surface area contributed by atoms with Gasteiger partial charge in [0.2, 0.25) is 0 Å². The number of benzene rings is 1. The molecule has 106 valence electrons. The van der Waals surface area contributed by atoms with E-state index in [1.165, 1.54) is 6.07 Å². The summed E-state index contributed by atoms with van der Waals surface area (Å²) in [5, 5.41) is 8.80. The van der Waals surface area contributed by atoms with Crippen molar-refractivity contribution in [2.24, 2.45) is 5.41 Å². The van der Waals surface area contributed by atoms with Gasteiger partial charge in [0, 0.05) is 18.2 Å². The van der Waals surface area contributed by atoms with Crippen molar-refractivity contribution in [2.45, 2.75) is 40.3 Å².